The summed E-state index contributed by atoms with van der Waals surface area (Å²) in [6.45, 7) is 2.12. The van der Waals surface area contributed by atoms with Gasteiger partial charge in [0.25, 0.3) is 0 Å². The van der Waals surface area contributed by atoms with Gasteiger partial charge in [-0.05, 0) is 55.5 Å². The van der Waals surface area contributed by atoms with E-state index in [9.17, 15) is 9.59 Å². The number of benzene rings is 1. The van der Waals surface area contributed by atoms with Gasteiger partial charge in [0.15, 0.2) is 0 Å². The molecule has 1 aliphatic carbocycles. The summed E-state index contributed by atoms with van der Waals surface area (Å²) in [7, 11) is 1.37. The number of amides is 1. The third-order valence-electron chi connectivity index (χ3n) is 4.17. The van der Waals surface area contributed by atoms with Crippen LogP contribution in [0, 0.1) is 6.92 Å². The minimum atomic E-state index is -0.383. The second-order valence-electron chi connectivity index (χ2n) is 5.92. The van der Waals surface area contributed by atoms with E-state index in [2.05, 4.69) is 26.6 Å². The highest BCUT2D eigenvalue weighted by Gasteiger charge is 2.27. The Morgan fingerprint density at radius 2 is 2.12 bits per heavy atom. The average Bonchev–Trinajstić information content (AvgIpc) is 3.16. The third kappa shape index (κ3) is 3.88. The van der Waals surface area contributed by atoms with Crippen molar-refractivity contribution in [3.05, 3.63) is 44.2 Å². The first-order chi connectivity index (χ1) is 12.0. The lowest BCUT2D eigenvalue weighted by atomic mass is 10.1. The standard InChI is InChI=1S/C18H19BrN2O3S/c1-10-8-11(6-7-13(10)19)20-9-15(22)21-17-16(18(23)24-2)12-4-3-5-14(12)25-17/h6-8,20H,3-5,9H2,1-2H3,(H,21,22). The van der Waals surface area contributed by atoms with E-state index in [0.29, 0.717) is 10.6 Å². The molecule has 132 valence electrons. The molecule has 2 N–H and O–H groups in total. The van der Waals surface area contributed by atoms with Gasteiger partial charge in [0, 0.05) is 15.0 Å². The topological polar surface area (TPSA) is 67.4 Å². The van der Waals surface area contributed by atoms with Crippen LogP contribution in [-0.2, 0) is 22.4 Å². The highest BCUT2D eigenvalue weighted by Crippen LogP contribution is 2.39. The van der Waals surface area contributed by atoms with Gasteiger partial charge in [0.1, 0.15) is 5.00 Å². The number of carbonyl (C=O) groups is 2. The molecular formula is C18H19BrN2O3S. The van der Waals surface area contributed by atoms with E-state index in [4.69, 9.17) is 4.74 Å². The monoisotopic (exact) mass is 422 g/mol. The smallest absolute Gasteiger partial charge is 0.341 e. The van der Waals surface area contributed by atoms with Crippen LogP contribution in [0.25, 0.3) is 0 Å². The van der Waals surface area contributed by atoms with Gasteiger partial charge in [-0.3, -0.25) is 4.79 Å². The summed E-state index contributed by atoms with van der Waals surface area (Å²) in [6.07, 6.45) is 2.86. The van der Waals surface area contributed by atoms with Gasteiger partial charge in [-0.25, -0.2) is 4.79 Å². The summed E-state index contributed by atoms with van der Waals surface area (Å²) >= 11 is 4.93. The number of fused-ring (bicyclic) bond motifs is 1. The van der Waals surface area contributed by atoms with E-state index in [1.54, 1.807) is 0 Å². The fourth-order valence-electron chi connectivity index (χ4n) is 2.92. The van der Waals surface area contributed by atoms with Gasteiger partial charge in [-0.1, -0.05) is 15.9 Å². The Balaban J connectivity index is 1.69. The van der Waals surface area contributed by atoms with Crippen molar-refractivity contribution in [1.82, 2.24) is 0 Å². The molecule has 0 fully saturated rings. The van der Waals surface area contributed by atoms with Crippen molar-refractivity contribution >= 4 is 49.8 Å². The number of esters is 1. The Hall–Kier alpha value is -1.86. The maximum atomic E-state index is 12.3. The minimum Gasteiger partial charge on any atom is -0.465 e. The minimum absolute atomic E-state index is 0.129. The van der Waals surface area contributed by atoms with Gasteiger partial charge in [0.2, 0.25) is 5.91 Å². The molecule has 0 saturated heterocycles. The number of hydrogen-bond donors (Lipinski definition) is 2. The first-order valence-corrected chi connectivity index (χ1v) is 9.63. The van der Waals surface area contributed by atoms with Crippen molar-refractivity contribution in [3.8, 4) is 0 Å². The van der Waals surface area contributed by atoms with Crippen molar-refractivity contribution in [2.45, 2.75) is 26.2 Å². The number of ether oxygens (including phenoxy) is 1. The van der Waals surface area contributed by atoms with Crippen molar-refractivity contribution in [3.63, 3.8) is 0 Å². The van der Waals surface area contributed by atoms with E-state index in [1.165, 1.54) is 23.3 Å². The molecular weight excluding hydrogens is 404 g/mol. The number of halogens is 1. The normalized spacial score (nSPS) is 12.6. The maximum Gasteiger partial charge on any atom is 0.341 e. The summed E-state index contributed by atoms with van der Waals surface area (Å²) in [5.41, 5.74) is 3.52. The predicted molar refractivity (Wildman–Crippen MR) is 104 cm³/mol. The molecule has 0 spiro atoms. The first-order valence-electron chi connectivity index (χ1n) is 8.02. The molecule has 0 unspecified atom stereocenters. The number of methoxy groups -OCH3 is 1. The van der Waals surface area contributed by atoms with Crippen LogP contribution in [0.15, 0.2) is 22.7 Å². The number of nitrogens with one attached hydrogen (secondary N) is 2. The lowest BCUT2D eigenvalue weighted by Crippen LogP contribution is -2.22. The Bertz CT molecular complexity index is 832. The molecule has 0 radical (unpaired) electrons. The molecule has 1 heterocycles. The van der Waals surface area contributed by atoms with Crippen LogP contribution in [0.1, 0.15) is 32.8 Å². The second kappa shape index (κ2) is 7.58. The van der Waals surface area contributed by atoms with E-state index >= 15 is 0 Å². The van der Waals surface area contributed by atoms with E-state index in [-0.39, 0.29) is 18.4 Å². The van der Waals surface area contributed by atoms with E-state index in [0.717, 1.165) is 40.5 Å². The van der Waals surface area contributed by atoms with Crippen molar-refractivity contribution in [2.75, 3.05) is 24.3 Å². The molecule has 7 heteroatoms. The summed E-state index contributed by atoms with van der Waals surface area (Å²) in [4.78, 5) is 25.6. The lowest BCUT2D eigenvalue weighted by Gasteiger charge is -2.10. The van der Waals surface area contributed by atoms with Crippen molar-refractivity contribution < 1.29 is 14.3 Å². The molecule has 25 heavy (non-hydrogen) atoms. The number of anilines is 2. The third-order valence-corrected chi connectivity index (χ3v) is 6.27. The molecule has 1 amide bonds. The van der Waals surface area contributed by atoms with Crippen LogP contribution >= 0.6 is 27.3 Å². The van der Waals surface area contributed by atoms with Gasteiger partial charge in [-0.15, -0.1) is 11.3 Å². The number of hydrogen-bond acceptors (Lipinski definition) is 5. The van der Waals surface area contributed by atoms with Crippen LogP contribution in [0.5, 0.6) is 0 Å². The van der Waals surface area contributed by atoms with Crippen molar-refractivity contribution in [1.29, 1.82) is 0 Å². The average molecular weight is 423 g/mol. The molecule has 1 aromatic heterocycles. The van der Waals surface area contributed by atoms with Crippen LogP contribution in [0.3, 0.4) is 0 Å². The zero-order chi connectivity index (χ0) is 18.0. The largest absolute Gasteiger partial charge is 0.465 e. The molecule has 2 aromatic rings. The molecule has 5 nitrogen and oxygen atoms in total. The molecule has 1 aromatic carbocycles. The molecule has 0 atom stereocenters. The fraction of sp³-hybridized carbons (Fsp3) is 0.333. The van der Waals surface area contributed by atoms with Crippen molar-refractivity contribution in [2.24, 2.45) is 0 Å². The highest BCUT2D eigenvalue weighted by atomic mass is 79.9. The predicted octanol–water partition coefficient (Wildman–Crippen LogP) is 4.14. The Labute approximate surface area is 158 Å². The van der Waals surface area contributed by atoms with Crippen LogP contribution in [0.2, 0.25) is 0 Å². The summed E-state index contributed by atoms with van der Waals surface area (Å²) < 4.78 is 5.92. The van der Waals surface area contributed by atoms with Gasteiger partial charge in [0.05, 0.1) is 19.2 Å². The van der Waals surface area contributed by atoms with Gasteiger partial charge >= 0.3 is 5.97 Å². The lowest BCUT2D eigenvalue weighted by molar-refractivity contribution is -0.114. The van der Waals surface area contributed by atoms with Crippen LogP contribution < -0.4 is 10.6 Å². The summed E-state index contributed by atoms with van der Waals surface area (Å²) in [5, 5.41) is 6.55. The zero-order valence-electron chi connectivity index (χ0n) is 14.1. The number of carbonyl (C=O) groups excluding carboxylic acids is 2. The molecule has 0 aliphatic heterocycles. The van der Waals surface area contributed by atoms with Crippen LogP contribution in [0.4, 0.5) is 10.7 Å². The highest BCUT2D eigenvalue weighted by molar-refractivity contribution is 9.10. The first kappa shape index (κ1) is 17.9. The molecule has 3 rings (SSSR count). The number of rotatable bonds is 5. The summed E-state index contributed by atoms with van der Waals surface area (Å²) in [5.74, 6) is -0.572. The Kier molecular flexibility index (Phi) is 5.44. The SMILES string of the molecule is COC(=O)c1c(NC(=O)CNc2ccc(Br)c(C)c2)sc2c1CCC2. The number of thiophene rings is 1. The van der Waals surface area contributed by atoms with Gasteiger partial charge < -0.3 is 15.4 Å². The second-order valence-corrected chi connectivity index (χ2v) is 7.88. The van der Waals surface area contributed by atoms with Crippen LogP contribution in [-0.4, -0.2) is 25.5 Å². The zero-order valence-corrected chi connectivity index (χ0v) is 16.5. The van der Waals surface area contributed by atoms with E-state index in [1.807, 2.05) is 25.1 Å². The Morgan fingerprint density at radius 1 is 1.32 bits per heavy atom. The molecule has 1 aliphatic rings. The van der Waals surface area contributed by atoms with Gasteiger partial charge in [-0.2, -0.15) is 0 Å². The quantitative estimate of drug-likeness (QED) is 0.710. The molecule has 0 saturated carbocycles. The molecule has 0 bridgehead atoms. The van der Waals surface area contributed by atoms with E-state index < -0.39 is 0 Å². The fourth-order valence-corrected chi connectivity index (χ4v) is 4.46. The Morgan fingerprint density at radius 3 is 2.84 bits per heavy atom. The number of aryl methyl sites for hydroxylation is 2. The summed E-state index contributed by atoms with van der Waals surface area (Å²) in [6, 6.07) is 5.82. The maximum absolute atomic E-state index is 12.3.